The first-order chi connectivity index (χ1) is 26.8. The van der Waals surface area contributed by atoms with Crippen LogP contribution in [0.15, 0.2) is 192 Å². The number of anilines is 3. The van der Waals surface area contributed by atoms with E-state index >= 15 is 0 Å². The van der Waals surface area contributed by atoms with Crippen molar-refractivity contribution in [2.24, 2.45) is 0 Å². The first-order valence-electron chi connectivity index (χ1n) is 18.8. The minimum Gasteiger partial charge on any atom is -0.472 e. The average Bonchev–Trinajstić information content (AvgIpc) is 3.76. The van der Waals surface area contributed by atoms with Crippen molar-refractivity contribution < 1.29 is 9.15 Å². The third-order valence-corrected chi connectivity index (χ3v) is 10.8. The number of furan rings is 1. The SMILES string of the molecule is CC.c1ccc(-c2ccc(N(c3ccc4c(c3)-c3ccccc3C3(O4)c4ccccc4-c4ccccc43)c3ccc4c(c3)oc3ccccc34)cc2)cc1. The zero-order chi connectivity index (χ0) is 36.2. The highest BCUT2D eigenvalue weighted by molar-refractivity contribution is 6.06. The maximum Gasteiger partial charge on any atom is 0.186 e. The van der Waals surface area contributed by atoms with E-state index in [9.17, 15) is 0 Å². The Morgan fingerprint density at radius 1 is 0.389 bits per heavy atom. The molecule has 9 aromatic rings. The normalized spacial score (nSPS) is 12.9. The molecule has 1 aliphatic carbocycles. The van der Waals surface area contributed by atoms with Gasteiger partial charge in [-0.1, -0.05) is 147 Å². The minimum atomic E-state index is -0.739. The van der Waals surface area contributed by atoms with Gasteiger partial charge in [0.15, 0.2) is 5.60 Å². The molecule has 0 unspecified atom stereocenters. The van der Waals surface area contributed by atoms with Crippen LogP contribution in [-0.2, 0) is 5.60 Å². The molecule has 0 saturated heterocycles. The number of nitrogens with zero attached hydrogens (tertiary/aromatic N) is 1. The van der Waals surface area contributed by atoms with Crippen LogP contribution in [0.2, 0.25) is 0 Å². The van der Waals surface area contributed by atoms with Crippen LogP contribution in [0.4, 0.5) is 17.1 Å². The molecule has 3 nitrogen and oxygen atoms in total. The summed E-state index contributed by atoms with van der Waals surface area (Å²) >= 11 is 0. The molecule has 1 aliphatic heterocycles. The molecule has 1 aromatic heterocycles. The van der Waals surface area contributed by atoms with Crippen LogP contribution < -0.4 is 9.64 Å². The summed E-state index contributed by atoms with van der Waals surface area (Å²) in [5, 5.41) is 2.23. The van der Waals surface area contributed by atoms with E-state index in [4.69, 9.17) is 9.15 Å². The van der Waals surface area contributed by atoms with Crippen molar-refractivity contribution in [1.29, 1.82) is 0 Å². The van der Waals surface area contributed by atoms with Crippen LogP contribution in [-0.4, -0.2) is 0 Å². The molecule has 0 atom stereocenters. The average molecular weight is 696 g/mol. The molecule has 11 rings (SSSR count). The fourth-order valence-electron chi connectivity index (χ4n) is 8.53. The van der Waals surface area contributed by atoms with Gasteiger partial charge in [0.1, 0.15) is 16.9 Å². The Bertz CT molecular complexity index is 2790. The molecule has 0 bridgehead atoms. The monoisotopic (exact) mass is 695 g/mol. The zero-order valence-corrected chi connectivity index (χ0v) is 30.2. The molecule has 0 radical (unpaired) electrons. The van der Waals surface area contributed by atoms with Crippen LogP contribution in [0.25, 0.3) is 55.3 Å². The van der Waals surface area contributed by atoms with Gasteiger partial charge in [0.25, 0.3) is 0 Å². The summed E-state index contributed by atoms with van der Waals surface area (Å²) in [7, 11) is 0. The van der Waals surface area contributed by atoms with Gasteiger partial charge in [0.2, 0.25) is 0 Å². The Kier molecular flexibility index (Phi) is 7.48. The largest absolute Gasteiger partial charge is 0.472 e. The van der Waals surface area contributed by atoms with E-state index in [0.29, 0.717) is 0 Å². The molecule has 258 valence electrons. The third kappa shape index (κ3) is 4.75. The van der Waals surface area contributed by atoms with E-state index in [0.717, 1.165) is 55.9 Å². The van der Waals surface area contributed by atoms with E-state index in [1.807, 2.05) is 26.0 Å². The summed E-state index contributed by atoms with van der Waals surface area (Å²) in [6.45, 7) is 4.00. The number of hydrogen-bond donors (Lipinski definition) is 0. The molecular weight excluding hydrogens is 659 g/mol. The van der Waals surface area contributed by atoms with Gasteiger partial charge < -0.3 is 14.1 Å². The predicted octanol–water partition coefficient (Wildman–Crippen LogP) is 14.1. The van der Waals surface area contributed by atoms with Crippen molar-refractivity contribution in [2.45, 2.75) is 19.4 Å². The van der Waals surface area contributed by atoms with Crippen LogP contribution >= 0.6 is 0 Å². The highest BCUT2D eigenvalue weighted by Crippen LogP contribution is 2.59. The highest BCUT2D eigenvalue weighted by Gasteiger charge is 2.50. The molecule has 54 heavy (non-hydrogen) atoms. The van der Waals surface area contributed by atoms with Gasteiger partial charge in [-0.2, -0.15) is 0 Å². The number of benzene rings is 8. The van der Waals surface area contributed by atoms with Gasteiger partial charge in [0, 0.05) is 56.2 Å². The van der Waals surface area contributed by atoms with Gasteiger partial charge in [-0.25, -0.2) is 0 Å². The Morgan fingerprint density at radius 2 is 0.889 bits per heavy atom. The Balaban J connectivity index is 0.00000178. The van der Waals surface area contributed by atoms with Crippen molar-refractivity contribution in [3.63, 3.8) is 0 Å². The molecule has 1 spiro atoms. The summed E-state index contributed by atoms with van der Waals surface area (Å²) in [5.41, 5.74) is 14.7. The summed E-state index contributed by atoms with van der Waals surface area (Å²) in [6, 6.07) is 66.8. The van der Waals surface area contributed by atoms with Gasteiger partial charge in [0.05, 0.1) is 0 Å². The van der Waals surface area contributed by atoms with E-state index in [1.54, 1.807) is 0 Å². The van der Waals surface area contributed by atoms with Crippen LogP contribution in [0.5, 0.6) is 5.75 Å². The fourth-order valence-corrected chi connectivity index (χ4v) is 8.53. The lowest BCUT2D eigenvalue weighted by molar-refractivity contribution is 0.157. The third-order valence-electron chi connectivity index (χ3n) is 10.8. The Morgan fingerprint density at radius 3 is 1.57 bits per heavy atom. The second kappa shape index (κ2) is 12.7. The minimum absolute atomic E-state index is 0.739. The molecule has 0 N–H and O–H groups in total. The van der Waals surface area contributed by atoms with E-state index in [2.05, 4.69) is 181 Å². The second-order valence-electron chi connectivity index (χ2n) is 13.6. The van der Waals surface area contributed by atoms with E-state index in [1.165, 1.54) is 38.9 Å². The number of hydrogen-bond acceptors (Lipinski definition) is 3. The van der Waals surface area contributed by atoms with Crippen LogP contribution in [0.1, 0.15) is 30.5 Å². The van der Waals surface area contributed by atoms with Crippen molar-refractivity contribution in [1.82, 2.24) is 0 Å². The van der Waals surface area contributed by atoms with Crippen molar-refractivity contribution in [3.05, 3.63) is 205 Å². The number of fused-ring (bicyclic) bond motifs is 12. The molecule has 0 saturated carbocycles. The molecular formula is C51H37NO2. The molecule has 0 amide bonds. The first kappa shape index (κ1) is 31.9. The summed E-state index contributed by atoms with van der Waals surface area (Å²) in [6.07, 6.45) is 0. The number of ether oxygens (including phenoxy) is 1. The quantitative estimate of drug-likeness (QED) is 0.183. The molecule has 2 aliphatic rings. The lowest BCUT2D eigenvalue weighted by Crippen LogP contribution is -2.36. The highest BCUT2D eigenvalue weighted by atomic mass is 16.5. The first-order valence-corrected chi connectivity index (χ1v) is 18.8. The number of para-hydroxylation sites is 1. The van der Waals surface area contributed by atoms with Crippen molar-refractivity contribution in [3.8, 4) is 39.1 Å². The predicted molar refractivity (Wildman–Crippen MR) is 223 cm³/mol. The Labute approximate surface area is 315 Å². The van der Waals surface area contributed by atoms with Crippen LogP contribution in [0, 0.1) is 0 Å². The van der Waals surface area contributed by atoms with Gasteiger partial charge in [-0.15, -0.1) is 0 Å². The zero-order valence-electron chi connectivity index (χ0n) is 30.2. The summed E-state index contributed by atoms with van der Waals surface area (Å²) in [5.74, 6) is 0.862. The van der Waals surface area contributed by atoms with E-state index < -0.39 is 5.60 Å². The standard InChI is InChI=1S/C49H31NO2.C2H6/c1-2-12-32(13-3-1)33-22-24-34(25-23-33)50(36-26-28-41-40-17-7-11-21-46(40)51-48(41)31-36)35-27-29-47-42(30-35)39-16-6-10-20-45(39)49(52-47)43-18-8-4-14-37(43)38-15-5-9-19-44(38)49;1-2/h1-31H;1-2H3. The molecule has 2 heterocycles. The van der Waals surface area contributed by atoms with Crippen LogP contribution in [0.3, 0.4) is 0 Å². The van der Waals surface area contributed by atoms with Crippen molar-refractivity contribution in [2.75, 3.05) is 4.90 Å². The molecule has 8 aromatic carbocycles. The van der Waals surface area contributed by atoms with Crippen molar-refractivity contribution >= 4 is 39.0 Å². The lowest BCUT2D eigenvalue weighted by atomic mass is 9.78. The number of rotatable bonds is 4. The lowest BCUT2D eigenvalue weighted by Gasteiger charge is -2.39. The second-order valence-corrected chi connectivity index (χ2v) is 13.6. The summed E-state index contributed by atoms with van der Waals surface area (Å²) in [4.78, 5) is 2.31. The van der Waals surface area contributed by atoms with Gasteiger partial charge in [-0.3, -0.25) is 0 Å². The maximum atomic E-state index is 7.33. The van der Waals surface area contributed by atoms with E-state index in [-0.39, 0.29) is 0 Å². The van der Waals surface area contributed by atoms with Gasteiger partial charge >= 0.3 is 0 Å². The molecule has 0 fully saturated rings. The fraction of sp³-hybridized carbons (Fsp3) is 0.0588. The maximum absolute atomic E-state index is 7.33. The summed E-state index contributed by atoms with van der Waals surface area (Å²) < 4.78 is 13.7. The van der Waals surface area contributed by atoms with Gasteiger partial charge in [-0.05, 0) is 76.3 Å². The topological polar surface area (TPSA) is 25.6 Å². The molecule has 3 heteroatoms. The Hall–Kier alpha value is -6.84. The smallest absolute Gasteiger partial charge is 0.186 e.